The summed E-state index contributed by atoms with van der Waals surface area (Å²) >= 11 is 0. The van der Waals surface area contributed by atoms with Crippen molar-refractivity contribution in [1.29, 1.82) is 0 Å². The second-order valence-electron chi connectivity index (χ2n) is 13.1. The topological polar surface area (TPSA) is 392 Å². The number of carboxylic acids is 4. The first kappa shape index (κ1) is 54.3. The summed E-state index contributed by atoms with van der Waals surface area (Å²) in [5.41, 5.74) is 8.44. The number of hydrogen-bond donors (Lipinski definition) is 10. The Morgan fingerprint density at radius 2 is 1.03 bits per heavy atom. The van der Waals surface area contributed by atoms with Crippen molar-refractivity contribution in [2.45, 2.75) is 83.1 Å². The molecule has 10 N–H and O–H groups in total. The van der Waals surface area contributed by atoms with Crippen molar-refractivity contribution in [3.8, 4) is 0 Å². The van der Waals surface area contributed by atoms with Crippen LogP contribution in [0.4, 0.5) is 0 Å². The molecule has 5 atom stereocenters. The molecule has 5 amide bonds. The van der Waals surface area contributed by atoms with Crippen molar-refractivity contribution in [2.75, 3.05) is 72.5 Å². The number of ether oxygens (including phenoxy) is 4. The quantitative estimate of drug-likeness (QED) is 0.0133. The van der Waals surface area contributed by atoms with Crippen molar-refractivity contribution in [3.63, 3.8) is 0 Å². The monoisotopic (exact) mass is 863 g/mol. The van der Waals surface area contributed by atoms with Crippen molar-refractivity contribution in [3.05, 3.63) is 10.4 Å². The van der Waals surface area contributed by atoms with Gasteiger partial charge in [0.25, 0.3) is 0 Å². The average Bonchev–Trinajstić information content (AvgIpc) is 3.16. The Balaban J connectivity index is 5.21. The van der Waals surface area contributed by atoms with Crippen LogP contribution in [0.5, 0.6) is 0 Å². The Morgan fingerprint density at radius 3 is 1.55 bits per heavy atom. The van der Waals surface area contributed by atoms with Gasteiger partial charge in [0.1, 0.15) is 24.2 Å². The van der Waals surface area contributed by atoms with Crippen LogP contribution in [0.2, 0.25) is 0 Å². The lowest BCUT2D eigenvalue weighted by Crippen LogP contribution is -2.60. The van der Waals surface area contributed by atoms with Crippen molar-refractivity contribution < 1.29 is 82.5 Å². The van der Waals surface area contributed by atoms with Crippen molar-refractivity contribution >= 4 is 53.4 Å². The largest absolute Gasteiger partial charge is 0.481 e. The Bertz CT molecular complexity index is 1460. The maximum absolute atomic E-state index is 13.4. The van der Waals surface area contributed by atoms with Gasteiger partial charge in [0.2, 0.25) is 29.5 Å². The SMILES string of the molecule is CC(C)[C@H](NC(=O)[C@H](CCC(=O)O)NC(=O)[C@H](CC(=O)O)NCCN=[N+]=[N-])C(=O)N[C@@H](CC(=O)O)C(=O)N[C@@H](C)C(=O)NCCOCCOCCOCCOCCC(=O)O. The van der Waals surface area contributed by atoms with Gasteiger partial charge in [-0.15, -0.1) is 0 Å². The summed E-state index contributed by atoms with van der Waals surface area (Å²) in [5.74, 6) is -10.7. The standard InChI is InChI=1S/C34H57N9O17/c1-20(2)29(42-31(53)22(4-5-25(44)45)40-32(54)23(18-27(48)49)36-7-8-38-43-35)34(56)41-24(19-28(50)51)33(55)39-21(3)30(52)37-9-11-58-13-15-60-17-16-59-14-12-57-10-6-26(46)47/h20-24,29,36H,4-19H2,1-3H3,(H,37,52)(H,39,55)(H,40,54)(H,41,56)(H,42,53)(H,44,45)(H,46,47)(H,48,49)(H,50,51)/t21-,22-,23-,24-,29-/m0/s1. The van der Waals surface area contributed by atoms with E-state index in [1.54, 1.807) is 0 Å². The van der Waals surface area contributed by atoms with E-state index in [9.17, 15) is 58.5 Å². The highest BCUT2D eigenvalue weighted by Gasteiger charge is 2.34. The summed E-state index contributed by atoms with van der Waals surface area (Å²) in [4.78, 5) is 113. The fourth-order valence-electron chi connectivity index (χ4n) is 4.71. The second kappa shape index (κ2) is 32.2. The third kappa shape index (κ3) is 27.1. The summed E-state index contributed by atoms with van der Waals surface area (Å²) in [6.45, 7) is 5.76. The van der Waals surface area contributed by atoms with Crippen LogP contribution in [-0.2, 0) is 62.1 Å². The van der Waals surface area contributed by atoms with Gasteiger partial charge >= 0.3 is 23.9 Å². The van der Waals surface area contributed by atoms with E-state index in [-0.39, 0.29) is 78.9 Å². The van der Waals surface area contributed by atoms with Crippen LogP contribution in [0.25, 0.3) is 10.4 Å². The molecule has 0 rings (SSSR count). The summed E-state index contributed by atoms with van der Waals surface area (Å²) < 4.78 is 21.1. The number of carbonyl (C=O) groups is 9. The van der Waals surface area contributed by atoms with Gasteiger partial charge in [-0.05, 0) is 24.8 Å². The Labute approximate surface area is 344 Å². The van der Waals surface area contributed by atoms with E-state index < -0.39 is 115 Å². The highest BCUT2D eigenvalue weighted by Crippen LogP contribution is 2.08. The first-order valence-corrected chi connectivity index (χ1v) is 18.8. The molecule has 26 heteroatoms. The van der Waals surface area contributed by atoms with Crippen molar-refractivity contribution in [2.24, 2.45) is 11.0 Å². The molecule has 0 aliphatic rings. The summed E-state index contributed by atoms with van der Waals surface area (Å²) in [6, 6.07) is -7.43. The van der Waals surface area contributed by atoms with Gasteiger partial charge in [-0.2, -0.15) is 0 Å². The zero-order chi connectivity index (χ0) is 45.5. The number of amides is 5. The third-order valence-corrected chi connectivity index (χ3v) is 7.77. The number of aliphatic carboxylic acids is 4. The molecule has 60 heavy (non-hydrogen) atoms. The minimum atomic E-state index is -1.73. The first-order chi connectivity index (χ1) is 28.4. The number of nitrogens with one attached hydrogen (secondary N) is 6. The maximum atomic E-state index is 13.4. The molecule has 0 aromatic rings. The first-order valence-electron chi connectivity index (χ1n) is 18.8. The minimum absolute atomic E-state index is 0.0388. The Kier molecular flexibility index (Phi) is 29.2. The van der Waals surface area contributed by atoms with Gasteiger partial charge in [0.05, 0.1) is 78.2 Å². The molecule has 0 saturated heterocycles. The lowest BCUT2D eigenvalue weighted by atomic mass is 10.0. The van der Waals surface area contributed by atoms with Crippen LogP contribution in [0.3, 0.4) is 0 Å². The molecule has 0 heterocycles. The molecule has 0 aromatic carbocycles. The summed E-state index contributed by atoms with van der Waals surface area (Å²) in [6.07, 6.45) is -2.90. The molecular weight excluding hydrogens is 806 g/mol. The molecule has 0 aromatic heterocycles. The van der Waals surface area contributed by atoms with Gasteiger partial charge in [-0.1, -0.05) is 19.0 Å². The highest BCUT2D eigenvalue weighted by molar-refractivity contribution is 5.97. The number of nitrogens with zero attached hydrogens (tertiary/aromatic N) is 3. The molecule has 0 aliphatic carbocycles. The molecule has 0 bridgehead atoms. The van der Waals surface area contributed by atoms with E-state index in [1.165, 1.54) is 20.8 Å². The normalized spacial score (nSPS) is 13.3. The van der Waals surface area contributed by atoms with Crippen LogP contribution >= 0.6 is 0 Å². The van der Waals surface area contributed by atoms with Crippen LogP contribution in [0.15, 0.2) is 5.11 Å². The third-order valence-electron chi connectivity index (χ3n) is 7.77. The lowest BCUT2D eigenvalue weighted by Gasteiger charge is -2.28. The van der Waals surface area contributed by atoms with Crippen LogP contribution in [0, 0.1) is 5.92 Å². The summed E-state index contributed by atoms with van der Waals surface area (Å²) in [5, 5.41) is 54.0. The van der Waals surface area contributed by atoms with Crippen LogP contribution in [-0.4, -0.2) is 177 Å². The molecule has 26 nitrogen and oxygen atoms in total. The fourth-order valence-corrected chi connectivity index (χ4v) is 4.71. The van der Waals surface area contributed by atoms with E-state index >= 15 is 0 Å². The van der Waals surface area contributed by atoms with E-state index in [2.05, 4.69) is 41.9 Å². The smallest absolute Gasteiger partial charge is 0.305 e. The zero-order valence-corrected chi connectivity index (χ0v) is 33.7. The van der Waals surface area contributed by atoms with E-state index in [4.69, 9.17) is 29.6 Å². The number of hydrogen-bond acceptors (Lipinski definition) is 15. The van der Waals surface area contributed by atoms with E-state index in [1.807, 2.05) is 0 Å². The maximum Gasteiger partial charge on any atom is 0.305 e. The number of carboxylic acid groups (broad SMARTS) is 4. The predicted molar refractivity (Wildman–Crippen MR) is 204 cm³/mol. The van der Waals surface area contributed by atoms with Gasteiger partial charge in [-0.25, -0.2) is 0 Å². The molecule has 0 aliphatic heterocycles. The van der Waals surface area contributed by atoms with Gasteiger partial charge in [0.15, 0.2) is 0 Å². The van der Waals surface area contributed by atoms with E-state index in [0.717, 1.165) is 0 Å². The average molecular weight is 864 g/mol. The second-order valence-corrected chi connectivity index (χ2v) is 13.1. The summed E-state index contributed by atoms with van der Waals surface area (Å²) in [7, 11) is 0. The lowest BCUT2D eigenvalue weighted by molar-refractivity contribution is -0.142. The minimum Gasteiger partial charge on any atom is -0.481 e. The highest BCUT2D eigenvalue weighted by atomic mass is 16.6. The molecule has 0 saturated carbocycles. The molecule has 0 radical (unpaired) electrons. The van der Waals surface area contributed by atoms with Gasteiger partial charge < -0.3 is 71.3 Å². The van der Waals surface area contributed by atoms with Crippen LogP contribution in [0.1, 0.15) is 52.9 Å². The molecule has 0 fully saturated rings. The van der Waals surface area contributed by atoms with Crippen LogP contribution < -0.4 is 31.9 Å². The number of carbonyl (C=O) groups excluding carboxylic acids is 5. The molecule has 0 unspecified atom stereocenters. The molecule has 340 valence electrons. The van der Waals surface area contributed by atoms with Crippen molar-refractivity contribution in [1.82, 2.24) is 31.9 Å². The molecular formula is C34H57N9O17. The predicted octanol–water partition coefficient (Wildman–Crippen LogP) is -2.66. The fraction of sp³-hybridized carbons (Fsp3) is 0.735. The van der Waals surface area contributed by atoms with Gasteiger partial charge in [-0.3, -0.25) is 43.2 Å². The van der Waals surface area contributed by atoms with E-state index in [0.29, 0.717) is 0 Å². The Hall–Kier alpha value is -5.66. The molecule has 0 spiro atoms. The number of rotatable bonds is 36. The zero-order valence-electron chi connectivity index (χ0n) is 33.7. The number of azide groups is 1. The Morgan fingerprint density at radius 1 is 0.550 bits per heavy atom. The van der Waals surface area contributed by atoms with Gasteiger partial charge in [0, 0.05) is 31.0 Å².